The second-order valence-corrected chi connectivity index (χ2v) is 6.40. The molecule has 0 fully saturated rings. The van der Waals surface area contributed by atoms with E-state index in [-0.39, 0.29) is 24.2 Å². The molecule has 138 valence electrons. The van der Waals surface area contributed by atoms with Gasteiger partial charge in [0.25, 0.3) is 0 Å². The molecule has 0 atom stereocenters. The minimum atomic E-state index is -0.380. The Hall–Kier alpha value is -2.82. The summed E-state index contributed by atoms with van der Waals surface area (Å²) in [5, 5.41) is 5.62. The third-order valence-electron chi connectivity index (χ3n) is 3.97. The van der Waals surface area contributed by atoms with Crippen molar-refractivity contribution in [2.45, 2.75) is 40.0 Å². The minimum absolute atomic E-state index is 0.258. The minimum Gasteiger partial charge on any atom is -0.492 e. The normalized spacial score (nSPS) is 10.5. The smallest absolute Gasteiger partial charge is 0.233 e. The van der Waals surface area contributed by atoms with E-state index in [1.165, 1.54) is 0 Å². The standard InChI is InChI=1S/C21H26N2O3/c1-5-26-18-12-7-6-11-17(18)22-19(24)13-20(25)23-21-15(4)9-8-10-16(21)14(2)3/h6-12,14H,5,13H2,1-4H3,(H,22,24)(H,23,25). The van der Waals surface area contributed by atoms with Gasteiger partial charge in [-0.25, -0.2) is 0 Å². The van der Waals surface area contributed by atoms with Crippen molar-refractivity contribution >= 4 is 23.2 Å². The van der Waals surface area contributed by atoms with E-state index < -0.39 is 0 Å². The molecule has 2 amide bonds. The van der Waals surface area contributed by atoms with Gasteiger partial charge in [0.15, 0.2) is 0 Å². The number of carbonyl (C=O) groups excluding carboxylic acids is 2. The fourth-order valence-corrected chi connectivity index (χ4v) is 2.72. The van der Waals surface area contributed by atoms with Crippen LogP contribution in [0.25, 0.3) is 0 Å². The van der Waals surface area contributed by atoms with Gasteiger partial charge in [-0.1, -0.05) is 44.2 Å². The van der Waals surface area contributed by atoms with Crippen LogP contribution in [-0.2, 0) is 9.59 Å². The van der Waals surface area contributed by atoms with Gasteiger partial charge >= 0.3 is 0 Å². The van der Waals surface area contributed by atoms with E-state index in [9.17, 15) is 9.59 Å². The van der Waals surface area contributed by atoms with Crippen LogP contribution < -0.4 is 15.4 Å². The van der Waals surface area contributed by atoms with Gasteiger partial charge in [-0.2, -0.15) is 0 Å². The topological polar surface area (TPSA) is 67.4 Å². The van der Waals surface area contributed by atoms with Gasteiger partial charge in [-0.15, -0.1) is 0 Å². The summed E-state index contributed by atoms with van der Waals surface area (Å²) in [5.74, 6) is 0.142. The zero-order valence-electron chi connectivity index (χ0n) is 15.8. The highest BCUT2D eigenvalue weighted by Crippen LogP contribution is 2.28. The zero-order chi connectivity index (χ0) is 19.1. The van der Waals surface area contributed by atoms with E-state index in [0.29, 0.717) is 18.0 Å². The molecule has 0 bridgehead atoms. The van der Waals surface area contributed by atoms with E-state index >= 15 is 0 Å². The maximum Gasteiger partial charge on any atom is 0.233 e. The Morgan fingerprint density at radius 1 is 1.00 bits per heavy atom. The number of ether oxygens (including phenoxy) is 1. The number of carbonyl (C=O) groups is 2. The molecule has 0 spiro atoms. The second-order valence-electron chi connectivity index (χ2n) is 6.40. The largest absolute Gasteiger partial charge is 0.492 e. The lowest BCUT2D eigenvalue weighted by atomic mass is 9.98. The Morgan fingerprint density at radius 3 is 2.38 bits per heavy atom. The number of aryl methyl sites for hydroxylation is 1. The van der Waals surface area contributed by atoms with Crippen molar-refractivity contribution in [3.63, 3.8) is 0 Å². The number of benzene rings is 2. The quantitative estimate of drug-likeness (QED) is 0.720. The molecule has 0 aliphatic heterocycles. The zero-order valence-corrected chi connectivity index (χ0v) is 15.8. The molecule has 26 heavy (non-hydrogen) atoms. The molecule has 0 unspecified atom stereocenters. The van der Waals surface area contributed by atoms with E-state index in [4.69, 9.17) is 4.74 Å². The maximum atomic E-state index is 12.3. The third kappa shape index (κ3) is 5.09. The molecule has 0 saturated carbocycles. The van der Waals surface area contributed by atoms with Gasteiger partial charge in [0.1, 0.15) is 12.2 Å². The van der Waals surface area contributed by atoms with Crippen molar-refractivity contribution in [2.24, 2.45) is 0 Å². The Morgan fingerprint density at radius 2 is 1.69 bits per heavy atom. The first-order valence-electron chi connectivity index (χ1n) is 8.83. The molecule has 2 N–H and O–H groups in total. The van der Waals surface area contributed by atoms with Crippen LogP contribution in [0.4, 0.5) is 11.4 Å². The summed E-state index contributed by atoms with van der Waals surface area (Å²) >= 11 is 0. The number of anilines is 2. The van der Waals surface area contributed by atoms with Gasteiger partial charge < -0.3 is 15.4 Å². The Balaban J connectivity index is 2.04. The molecule has 0 aliphatic rings. The number of para-hydroxylation sites is 3. The van der Waals surface area contributed by atoms with Crippen molar-refractivity contribution in [1.82, 2.24) is 0 Å². The van der Waals surface area contributed by atoms with Crippen molar-refractivity contribution < 1.29 is 14.3 Å². The predicted molar refractivity (Wildman–Crippen MR) is 105 cm³/mol. The first-order chi connectivity index (χ1) is 12.4. The molecule has 0 aliphatic carbocycles. The molecular weight excluding hydrogens is 328 g/mol. The molecule has 2 aromatic carbocycles. The van der Waals surface area contributed by atoms with Crippen LogP contribution in [0, 0.1) is 6.92 Å². The number of amides is 2. The molecule has 5 heteroatoms. The van der Waals surface area contributed by atoms with Gasteiger partial charge in [-0.3, -0.25) is 9.59 Å². The van der Waals surface area contributed by atoms with Crippen LogP contribution in [0.3, 0.4) is 0 Å². The van der Waals surface area contributed by atoms with Crippen molar-refractivity contribution in [1.29, 1.82) is 0 Å². The first-order valence-corrected chi connectivity index (χ1v) is 8.83. The fraction of sp³-hybridized carbons (Fsp3) is 0.333. The lowest BCUT2D eigenvalue weighted by Crippen LogP contribution is -2.22. The summed E-state index contributed by atoms with van der Waals surface area (Å²) in [6.45, 7) is 8.46. The van der Waals surface area contributed by atoms with Crippen molar-refractivity contribution in [3.05, 3.63) is 53.6 Å². The first kappa shape index (κ1) is 19.5. The van der Waals surface area contributed by atoms with Crippen molar-refractivity contribution in [2.75, 3.05) is 17.2 Å². The molecule has 5 nitrogen and oxygen atoms in total. The van der Waals surface area contributed by atoms with Crippen LogP contribution in [-0.4, -0.2) is 18.4 Å². The summed E-state index contributed by atoms with van der Waals surface area (Å²) in [6, 6.07) is 13.1. The van der Waals surface area contributed by atoms with Gasteiger partial charge in [0.2, 0.25) is 11.8 Å². The number of hydrogen-bond acceptors (Lipinski definition) is 3. The van der Waals surface area contributed by atoms with E-state index in [2.05, 4.69) is 24.5 Å². The summed E-state index contributed by atoms with van der Waals surface area (Å²) in [4.78, 5) is 24.6. The molecule has 0 aromatic heterocycles. The lowest BCUT2D eigenvalue weighted by molar-refractivity contribution is -0.123. The maximum absolute atomic E-state index is 12.3. The Bertz CT molecular complexity index is 785. The molecule has 0 radical (unpaired) electrons. The third-order valence-corrected chi connectivity index (χ3v) is 3.97. The summed E-state index contributed by atoms with van der Waals surface area (Å²) in [7, 11) is 0. The highest BCUT2D eigenvalue weighted by Gasteiger charge is 2.15. The van der Waals surface area contributed by atoms with Crippen LogP contribution in [0.15, 0.2) is 42.5 Å². The summed E-state index contributed by atoms with van der Waals surface area (Å²) in [6.07, 6.45) is -0.258. The van der Waals surface area contributed by atoms with Crippen LogP contribution in [0.1, 0.15) is 44.2 Å². The number of rotatable bonds is 7. The lowest BCUT2D eigenvalue weighted by Gasteiger charge is -2.16. The van der Waals surface area contributed by atoms with Crippen LogP contribution in [0.2, 0.25) is 0 Å². The average Bonchev–Trinajstić information content (AvgIpc) is 2.58. The van der Waals surface area contributed by atoms with Crippen molar-refractivity contribution in [3.8, 4) is 5.75 Å². The van der Waals surface area contributed by atoms with E-state index in [0.717, 1.165) is 16.8 Å². The highest BCUT2D eigenvalue weighted by atomic mass is 16.5. The Kier molecular flexibility index (Phi) is 6.78. The highest BCUT2D eigenvalue weighted by molar-refractivity contribution is 6.08. The molecule has 2 aromatic rings. The molecule has 2 rings (SSSR count). The van der Waals surface area contributed by atoms with Gasteiger partial charge in [-0.05, 0) is 43.0 Å². The van der Waals surface area contributed by atoms with Gasteiger partial charge in [0.05, 0.1) is 12.3 Å². The average molecular weight is 354 g/mol. The molecular formula is C21H26N2O3. The monoisotopic (exact) mass is 354 g/mol. The fourth-order valence-electron chi connectivity index (χ4n) is 2.72. The number of nitrogens with one attached hydrogen (secondary N) is 2. The number of hydrogen-bond donors (Lipinski definition) is 2. The molecule has 0 saturated heterocycles. The summed E-state index contributed by atoms with van der Waals surface area (Å²) in [5.41, 5.74) is 3.38. The van der Waals surface area contributed by atoms with E-state index in [1.54, 1.807) is 18.2 Å². The SMILES string of the molecule is CCOc1ccccc1NC(=O)CC(=O)Nc1c(C)cccc1C(C)C. The van der Waals surface area contributed by atoms with Gasteiger partial charge in [0, 0.05) is 5.69 Å². The second kappa shape index (κ2) is 9.04. The van der Waals surface area contributed by atoms with E-state index in [1.807, 2.05) is 38.1 Å². The molecule has 0 heterocycles. The van der Waals surface area contributed by atoms with Crippen LogP contribution >= 0.6 is 0 Å². The Labute approximate surface area is 154 Å². The summed E-state index contributed by atoms with van der Waals surface area (Å²) < 4.78 is 5.48. The predicted octanol–water partition coefficient (Wildman–Crippen LogP) is 4.48. The van der Waals surface area contributed by atoms with Crippen LogP contribution in [0.5, 0.6) is 5.75 Å².